The molecular formula is C61H79N7O11. The Kier molecular flexibility index (Phi) is 21.5. The molecule has 4 bridgehead atoms. The van der Waals surface area contributed by atoms with Gasteiger partial charge >= 0.3 is 12.2 Å². The van der Waals surface area contributed by atoms with Crippen LogP contribution < -0.4 is 25.4 Å². The number of hydrogen-bond acceptors (Lipinski definition) is 14. The van der Waals surface area contributed by atoms with Gasteiger partial charge in [0.25, 0.3) is 0 Å². The third-order valence-electron chi connectivity index (χ3n) is 13.0. The van der Waals surface area contributed by atoms with Crippen molar-refractivity contribution in [2.24, 2.45) is 11.8 Å². The second-order valence-corrected chi connectivity index (χ2v) is 23.1. The number of aromatic nitrogens is 2. The van der Waals surface area contributed by atoms with Gasteiger partial charge < -0.3 is 39.8 Å². The van der Waals surface area contributed by atoms with Crippen molar-refractivity contribution in [2.75, 3.05) is 33.4 Å². The summed E-state index contributed by atoms with van der Waals surface area (Å²) in [5.74, 6) is -3.45. The van der Waals surface area contributed by atoms with Crippen molar-refractivity contribution in [3.63, 3.8) is 0 Å². The number of ether oxygens (including phenoxy) is 4. The van der Waals surface area contributed by atoms with Crippen LogP contribution >= 0.6 is 0 Å². The number of hydrogen-bond donors (Lipinski definition) is 3. The van der Waals surface area contributed by atoms with E-state index in [1.165, 1.54) is 18.1 Å². The number of ketones is 3. The molecule has 18 heteroatoms. The number of fused-ring (bicyclic) bond motifs is 5. The van der Waals surface area contributed by atoms with Gasteiger partial charge in [-0.2, -0.15) is 5.26 Å². The summed E-state index contributed by atoms with van der Waals surface area (Å²) in [6.07, 6.45) is -0.173. The van der Waals surface area contributed by atoms with Crippen LogP contribution in [0.2, 0.25) is 0 Å². The Labute approximate surface area is 465 Å². The average molecular weight is 1090 g/mol. The molecule has 5 rings (SSSR count). The largest absolute Gasteiger partial charge is 0.493 e. The van der Waals surface area contributed by atoms with E-state index in [4.69, 9.17) is 23.9 Å². The summed E-state index contributed by atoms with van der Waals surface area (Å²) in [6.45, 7) is 22.3. The van der Waals surface area contributed by atoms with Crippen molar-refractivity contribution in [1.82, 2.24) is 30.8 Å². The van der Waals surface area contributed by atoms with Crippen LogP contribution in [0.3, 0.4) is 0 Å². The van der Waals surface area contributed by atoms with Gasteiger partial charge in [-0.15, -0.1) is 0 Å². The normalized spacial score (nSPS) is 16.2. The van der Waals surface area contributed by atoms with Gasteiger partial charge in [-0.05, 0) is 114 Å². The standard InChI is InChI=1S/C61H79N7O11/c1-14-29-76-52-24-20-41-34-45(52)44-32-39(17-23-51(44)77-30-28-64-58(75)79-61(10,11)12)33-47(48(69)16-15-26-62)67-55(72)37(2)31-50(71)53(41)68(13)56(73)42(25-27-63-57(74)78-60(7,8)9)35-49(70)46-36-65-54(66-38(46)3)40-18-21-43(22-19-40)59(4,5)6/h17-24,32,34,36-37,42,47,53H,14-16,25,27-31,33,35H2,1-13H3,(H,63,74)(H,64,75)(H,67,72)/t37-,42-,47+,53+/m1/s1. The summed E-state index contributed by atoms with van der Waals surface area (Å²) in [7, 11) is 1.46. The number of Topliss-reactive ketones (excluding diaryl/α,β-unsaturated/α-hetero) is 3. The van der Waals surface area contributed by atoms with Crippen LogP contribution in [-0.2, 0) is 40.5 Å². The molecule has 1 aliphatic rings. The predicted octanol–water partition coefficient (Wildman–Crippen LogP) is 9.92. The SMILES string of the molecule is CCCOc1ccc2cc1-c1cc(ccc1OCCNC(=O)OC(C)(C)C)C[C@@H](C(=O)CCC#N)NC(=O)[C@H](C)CC(=O)[C@H]2N(C)C(=O)[C@H](CCNC(=O)OC(C)(C)C)CC(=O)c1cnc(-c2ccc(C(C)(C)C)cc2)nc1C. The van der Waals surface area contributed by atoms with Crippen molar-refractivity contribution in [3.05, 3.63) is 94.8 Å². The van der Waals surface area contributed by atoms with Crippen LogP contribution in [0.4, 0.5) is 9.59 Å². The molecule has 0 saturated carbocycles. The molecular weight excluding hydrogens is 1010 g/mol. The quantitative estimate of drug-likeness (QED) is 0.0584. The second kappa shape index (κ2) is 27.3. The zero-order valence-corrected chi connectivity index (χ0v) is 48.2. The zero-order chi connectivity index (χ0) is 58.4. The Morgan fingerprint density at radius 1 is 0.823 bits per heavy atom. The lowest BCUT2D eigenvalue weighted by atomic mass is 9.86. The first kappa shape index (κ1) is 62.2. The molecule has 424 valence electrons. The van der Waals surface area contributed by atoms with Crippen LogP contribution in [0.1, 0.15) is 153 Å². The smallest absolute Gasteiger partial charge is 0.407 e. The van der Waals surface area contributed by atoms with E-state index in [0.29, 0.717) is 58.3 Å². The molecule has 18 nitrogen and oxygen atoms in total. The van der Waals surface area contributed by atoms with E-state index in [2.05, 4.69) is 41.7 Å². The molecule has 0 radical (unpaired) electrons. The highest BCUT2D eigenvalue weighted by atomic mass is 16.6. The molecule has 0 unspecified atom stereocenters. The summed E-state index contributed by atoms with van der Waals surface area (Å²) in [4.78, 5) is 109. The first-order valence-corrected chi connectivity index (χ1v) is 27.0. The van der Waals surface area contributed by atoms with Gasteiger partial charge in [0, 0.05) is 74.0 Å². The topological polar surface area (TPSA) is 245 Å². The average Bonchev–Trinajstić information content (AvgIpc) is 3.38. The summed E-state index contributed by atoms with van der Waals surface area (Å²) < 4.78 is 23.6. The molecule has 4 atom stereocenters. The van der Waals surface area contributed by atoms with Gasteiger partial charge in [0.05, 0.1) is 36.5 Å². The third kappa shape index (κ3) is 18.2. The molecule has 0 saturated heterocycles. The highest BCUT2D eigenvalue weighted by Crippen LogP contribution is 2.41. The zero-order valence-electron chi connectivity index (χ0n) is 48.2. The van der Waals surface area contributed by atoms with E-state index < -0.39 is 70.7 Å². The molecule has 79 heavy (non-hydrogen) atoms. The van der Waals surface area contributed by atoms with E-state index >= 15 is 9.59 Å². The number of rotatable bonds is 19. The van der Waals surface area contributed by atoms with Crippen molar-refractivity contribution in [2.45, 2.75) is 157 Å². The summed E-state index contributed by atoms with van der Waals surface area (Å²) in [5.41, 5.74) is 2.81. The highest BCUT2D eigenvalue weighted by molar-refractivity contribution is 6.00. The van der Waals surface area contributed by atoms with Gasteiger partial charge in [0.2, 0.25) is 11.8 Å². The fraction of sp³-hybridized carbons (Fsp3) is 0.508. The van der Waals surface area contributed by atoms with E-state index in [0.717, 1.165) is 11.1 Å². The van der Waals surface area contributed by atoms with E-state index in [9.17, 15) is 29.2 Å². The number of likely N-dealkylation sites (N-methyl/N-ethyl adjacent to an activating group) is 1. The van der Waals surface area contributed by atoms with Crippen molar-refractivity contribution in [1.29, 1.82) is 5.26 Å². The number of alkyl carbamates (subject to hydrolysis) is 2. The van der Waals surface area contributed by atoms with Crippen LogP contribution in [0.25, 0.3) is 22.5 Å². The lowest BCUT2D eigenvalue weighted by Gasteiger charge is -2.32. The van der Waals surface area contributed by atoms with Crippen molar-refractivity contribution < 1.29 is 52.5 Å². The Balaban J connectivity index is 1.61. The number of aryl methyl sites for hydroxylation is 1. The predicted molar refractivity (Wildman–Crippen MR) is 299 cm³/mol. The summed E-state index contributed by atoms with van der Waals surface area (Å²) in [6, 6.07) is 17.9. The fourth-order valence-corrected chi connectivity index (χ4v) is 8.94. The van der Waals surface area contributed by atoms with Crippen LogP contribution in [-0.4, -0.2) is 107 Å². The molecule has 4 amide bonds. The van der Waals surface area contributed by atoms with Gasteiger partial charge in [-0.3, -0.25) is 24.0 Å². The fourth-order valence-electron chi connectivity index (χ4n) is 8.94. The molecule has 2 heterocycles. The molecule has 0 fully saturated rings. The van der Waals surface area contributed by atoms with E-state index in [-0.39, 0.29) is 75.0 Å². The molecule has 1 aliphatic heterocycles. The molecule has 3 aromatic carbocycles. The minimum absolute atomic E-state index is 0.00212. The minimum atomic E-state index is -1.35. The van der Waals surface area contributed by atoms with Gasteiger partial charge in [-0.25, -0.2) is 19.6 Å². The highest BCUT2D eigenvalue weighted by Gasteiger charge is 2.37. The Morgan fingerprint density at radius 2 is 1.43 bits per heavy atom. The molecule has 0 spiro atoms. The Bertz CT molecular complexity index is 2890. The first-order valence-electron chi connectivity index (χ1n) is 27.0. The number of carbonyl (C=O) groups is 7. The van der Waals surface area contributed by atoms with Crippen molar-refractivity contribution in [3.8, 4) is 40.1 Å². The van der Waals surface area contributed by atoms with E-state index in [1.807, 2.05) is 37.3 Å². The van der Waals surface area contributed by atoms with Crippen molar-refractivity contribution >= 4 is 41.4 Å². The maximum atomic E-state index is 15.3. The number of nitrogens with one attached hydrogen (secondary N) is 3. The number of nitrogens with zero attached hydrogens (tertiary/aromatic N) is 4. The molecule has 0 aliphatic carbocycles. The van der Waals surface area contributed by atoms with Crippen LogP contribution in [0.5, 0.6) is 11.5 Å². The lowest BCUT2D eigenvalue weighted by Crippen LogP contribution is -2.46. The third-order valence-corrected chi connectivity index (χ3v) is 13.0. The van der Waals surface area contributed by atoms with Crippen LogP contribution in [0.15, 0.2) is 66.9 Å². The number of amides is 4. The first-order chi connectivity index (χ1) is 37.1. The van der Waals surface area contributed by atoms with Crippen LogP contribution in [0, 0.1) is 30.1 Å². The Hall–Kier alpha value is -7.68. The maximum absolute atomic E-state index is 15.3. The van der Waals surface area contributed by atoms with Gasteiger partial charge in [0.1, 0.15) is 35.3 Å². The summed E-state index contributed by atoms with van der Waals surface area (Å²) in [5, 5.41) is 17.6. The Morgan fingerprint density at radius 3 is 2.03 bits per heavy atom. The lowest BCUT2D eigenvalue weighted by molar-refractivity contribution is -0.142. The maximum Gasteiger partial charge on any atom is 0.407 e. The molecule has 1 aromatic heterocycles. The van der Waals surface area contributed by atoms with Gasteiger partial charge in [0.15, 0.2) is 23.2 Å². The molecule has 4 aromatic rings. The number of benzene rings is 3. The number of carbonyl (C=O) groups excluding carboxylic acids is 7. The van der Waals surface area contributed by atoms with Gasteiger partial charge in [-0.1, -0.05) is 71.0 Å². The minimum Gasteiger partial charge on any atom is -0.493 e. The second-order valence-electron chi connectivity index (χ2n) is 23.1. The summed E-state index contributed by atoms with van der Waals surface area (Å²) >= 11 is 0. The molecule has 3 N–H and O–H groups in total. The monoisotopic (exact) mass is 1090 g/mol. The number of nitriles is 1. The van der Waals surface area contributed by atoms with E-state index in [1.54, 1.807) is 91.8 Å².